The van der Waals surface area contributed by atoms with E-state index >= 15 is 0 Å². The Labute approximate surface area is 252 Å². The molecule has 222 valence electrons. The third-order valence-electron chi connectivity index (χ3n) is 8.63. The van der Waals surface area contributed by atoms with Crippen LogP contribution in [0, 0.1) is 24.5 Å². The molecule has 0 bridgehead atoms. The van der Waals surface area contributed by atoms with Gasteiger partial charge >= 0.3 is 0 Å². The average Bonchev–Trinajstić information content (AvgIpc) is 3.69. The summed E-state index contributed by atoms with van der Waals surface area (Å²) in [6.07, 6.45) is 4.31. The van der Waals surface area contributed by atoms with Crippen molar-refractivity contribution >= 4 is 35.2 Å². The quantitative estimate of drug-likeness (QED) is 0.370. The summed E-state index contributed by atoms with van der Waals surface area (Å²) >= 11 is 0. The molecule has 1 aliphatic carbocycles. The van der Waals surface area contributed by atoms with Gasteiger partial charge in [-0.3, -0.25) is 19.4 Å². The molecule has 0 radical (unpaired) electrons. The number of carbonyl (C=O) groups is 3. The summed E-state index contributed by atoms with van der Waals surface area (Å²) in [5.41, 5.74) is 4.67. The summed E-state index contributed by atoms with van der Waals surface area (Å²) in [5.74, 6) is -2.29. The highest BCUT2D eigenvalue weighted by Crippen LogP contribution is 2.45. The normalized spacial score (nSPS) is 25.1. The highest BCUT2D eigenvalue weighted by molar-refractivity contribution is 6.25. The van der Waals surface area contributed by atoms with Crippen LogP contribution >= 0.6 is 0 Å². The topological polar surface area (TPSA) is 98.0 Å². The Balaban J connectivity index is 1.18. The molecule has 2 fully saturated rings. The number of amides is 3. The van der Waals surface area contributed by atoms with E-state index in [-0.39, 0.29) is 18.3 Å². The molecule has 0 spiro atoms. The van der Waals surface area contributed by atoms with E-state index < -0.39 is 41.7 Å². The second-order valence-corrected chi connectivity index (χ2v) is 11.5. The lowest BCUT2D eigenvalue weighted by Gasteiger charge is -2.30. The Kier molecular flexibility index (Phi) is 6.87. The average molecular weight is 595 g/mol. The number of rotatable bonds is 5. The molecule has 0 aromatic heterocycles. The van der Waals surface area contributed by atoms with E-state index in [2.05, 4.69) is 10.3 Å². The van der Waals surface area contributed by atoms with Crippen LogP contribution in [0.5, 0.6) is 0 Å². The van der Waals surface area contributed by atoms with Crippen molar-refractivity contribution in [3.05, 3.63) is 107 Å². The van der Waals surface area contributed by atoms with Gasteiger partial charge in [0, 0.05) is 5.92 Å². The summed E-state index contributed by atoms with van der Waals surface area (Å²) in [6, 6.07) is 16.6. The predicted molar refractivity (Wildman–Crippen MR) is 158 cm³/mol. The number of hydrogen-bond acceptors (Lipinski definition) is 7. The monoisotopic (exact) mass is 594 g/mol. The van der Waals surface area contributed by atoms with Crippen molar-refractivity contribution in [2.45, 2.75) is 44.3 Å². The zero-order valence-electron chi connectivity index (χ0n) is 23.8. The molecule has 0 N–H and O–H groups in total. The predicted octanol–water partition coefficient (Wildman–Crippen LogP) is 5.39. The van der Waals surface area contributed by atoms with E-state index in [4.69, 9.17) is 5.10 Å². The van der Waals surface area contributed by atoms with Crippen molar-refractivity contribution in [1.82, 2.24) is 10.0 Å². The molecule has 3 aromatic rings. The third kappa shape index (κ3) is 4.78. The van der Waals surface area contributed by atoms with Crippen LogP contribution in [-0.2, 0) is 14.4 Å². The molecule has 44 heavy (non-hydrogen) atoms. The second-order valence-electron chi connectivity index (χ2n) is 11.5. The number of fused-ring (bicyclic) bond motifs is 2. The number of hydrogen-bond donors (Lipinski definition) is 0. The van der Waals surface area contributed by atoms with Crippen molar-refractivity contribution in [2.24, 2.45) is 21.4 Å². The molecule has 0 unspecified atom stereocenters. The Morgan fingerprint density at radius 1 is 0.909 bits per heavy atom. The minimum atomic E-state index is -1.04. The SMILES string of the molecule is Cc1ccc(N2C(=O)[C@H]3N=NN(CC(=O)N4N=C5/C(=C/c6ccc(F)cc6)CCC[C@H]5[C@H]4c4ccc(F)cc4)[C@H]3C2=O)cc1. The number of nitrogens with zero attached hydrogens (tertiary/aromatic N) is 6. The van der Waals surface area contributed by atoms with Crippen LogP contribution in [0.3, 0.4) is 0 Å². The Hall–Kier alpha value is -5.06. The maximum Gasteiger partial charge on any atom is 0.264 e. The van der Waals surface area contributed by atoms with E-state index in [1.54, 1.807) is 36.4 Å². The van der Waals surface area contributed by atoms with E-state index in [0.29, 0.717) is 5.69 Å². The maximum atomic E-state index is 14.0. The molecule has 3 aromatic carbocycles. The molecule has 9 nitrogen and oxygen atoms in total. The lowest BCUT2D eigenvalue weighted by atomic mass is 9.77. The van der Waals surface area contributed by atoms with Crippen LogP contribution in [0.2, 0.25) is 0 Å². The highest BCUT2D eigenvalue weighted by Gasteiger charge is 2.55. The standard InChI is InChI=1S/C33H28F2N6O3/c1-19-5-15-25(16-6-19)40-32(43)29-31(33(40)44)39(38-36-29)18-27(42)41-30(21-9-13-24(35)14-10-21)26-4-2-3-22(28(26)37-41)17-20-7-11-23(34)12-8-20/h5-17,26,29-31H,2-4,18H2,1H3/b22-17+/t26-,29+,30-,31-/m1/s1. The molecule has 3 aliphatic heterocycles. The molecule has 4 atom stereocenters. The number of imide groups is 1. The summed E-state index contributed by atoms with van der Waals surface area (Å²) in [7, 11) is 0. The van der Waals surface area contributed by atoms with Crippen molar-refractivity contribution in [3.63, 3.8) is 0 Å². The van der Waals surface area contributed by atoms with Gasteiger partial charge in [0.15, 0.2) is 12.1 Å². The van der Waals surface area contributed by atoms with Gasteiger partial charge < -0.3 is 0 Å². The second kappa shape index (κ2) is 10.9. The molecular weight excluding hydrogens is 566 g/mol. The highest BCUT2D eigenvalue weighted by atomic mass is 19.1. The van der Waals surface area contributed by atoms with Gasteiger partial charge in [0.05, 0.1) is 17.4 Å². The number of aryl methyl sites for hydroxylation is 1. The molecule has 1 saturated carbocycles. The summed E-state index contributed by atoms with van der Waals surface area (Å²) in [6.45, 7) is 1.58. The number of hydrazone groups is 1. The van der Waals surface area contributed by atoms with Gasteiger partial charge in [0.2, 0.25) is 0 Å². The molecule has 3 heterocycles. The van der Waals surface area contributed by atoms with E-state index in [1.165, 1.54) is 34.3 Å². The number of anilines is 1. The molecular formula is C33H28F2N6O3. The fraction of sp³-hybridized carbons (Fsp3) is 0.273. The zero-order valence-corrected chi connectivity index (χ0v) is 23.8. The van der Waals surface area contributed by atoms with Crippen molar-refractivity contribution in [2.75, 3.05) is 11.4 Å². The van der Waals surface area contributed by atoms with E-state index in [9.17, 15) is 23.2 Å². The maximum absolute atomic E-state index is 14.0. The van der Waals surface area contributed by atoms with Crippen molar-refractivity contribution < 1.29 is 23.2 Å². The minimum absolute atomic E-state index is 0.149. The Morgan fingerprint density at radius 2 is 1.59 bits per heavy atom. The molecule has 11 heteroatoms. The summed E-state index contributed by atoms with van der Waals surface area (Å²) in [4.78, 5) is 41.7. The van der Waals surface area contributed by atoms with Gasteiger partial charge in [-0.15, -0.1) is 0 Å². The summed E-state index contributed by atoms with van der Waals surface area (Å²) < 4.78 is 27.4. The summed E-state index contributed by atoms with van der Waals surface area (Å²) in [5, 5.41) is 15.6. The van der Waals surface area contributed by atoms with Gasteiger partial charge in [-0.05, 0) is 85.4 Å². The number of carbonyl (C=O) groups excluding carboxylic acids is 3. The number of benzene rings is 3. The number of halogens is 2. The van der Waals surface area contributed by atoms with Gasteiger partial charge in [-0.1, -0.05) is 47.2 Å². The number of allylic oxidation sites excluding steroid dienone is 1. The zero-order chi connectivity index (χ0) is 30.5. The van der Waals surface area contributed by atoms with E-state index in [1.807, 2.05) is 25.1 Å². The van der Waals surface area contributed by atoms with Crippen molar-refractivity contribution in [1.29, 1.82) is 0 Å². The van der Waals surface area contributed by atoms with Crippen LogP contribution in [0.25, 0.3) is 6.08 Å². The smallest absolute Gasteiger partial charge is 0.264 e. The Bertz CT molecular complexity index is 1740. The minimum Gasteiger partial charge on any atom is -0.271 e. The van der Waals surface area contributed by atoms with Gasteiger partial charge in [0.25, 0.3) is 17.7 Å². The van der Waals surface area contributed by atoms with Crippen LogP contribution in [0.4, 0.5) is 14.5 Å². The van der Waals surface area contributed by atoms with Crippen LogP contribution in [-0.4, -0.2) is 52.1 Å². The van der Waals surface area contributed by atoms with E-state index in [0.717, 1.165) is 52.1 Å². The molecule has 3 amide bonds. The van der Waals surface area contributed by atoms with Crippen LogP contribution in [0.15, 0.2) is 93.8 Å². The first kappa shape index (κ1) is 27.8. The lowest BCUT2D eigenvalue weighted by molar-refractivity contribution is -0.136. The van der Waals surface area contributed by atoms with Gasteiger partial charge in [-0.2, -0.15) is 10.2 Å². The van der Waals surface area contributed by atoms with Crippen LogP contribution < -0.4 is 4.90 Å². The molecule has 7 rings (SSSR count). The molecule has 4 aliphatic rings. The lowest BCUT2D eigenvalue weighted by Crippen LogP contribution is -2.45. The fourth-order valence-corrected chi connectivity index (χ4v) is 6.47. The first-order valence-corrected chi connectivity index (χ1v) is 14.5. The van der Waals surface area contributed by atoms with Crippen molar-refractivity contribution in [3.8, 4) is 0 Å². The Morgan fingerprint density at radius 3 is 2.30 bits per heavy atom. The van der Waals surface area contributed by atoms with Gasteiger partial charge in [-0.25, -0.2) is 18.7 Å². The van der Waals surface area contributed by atoms with Gasteiger partial charge in [0.1, 0.15) is 18.2 Å². The first-order chi connectivity index (χ1) is 21.3. The fourth-order valence-electron chi connectivity index (χ4n) is 6.47. The largest absolute Gasteiger partial charge is 0.271 e. The van der Waals surface area contributed by atoms with Crippen LogP contribution in [0.1, 0.15) is 42.0 Å². The third-order valence-corrected chi connectivity index (χ3v) is 8.63. The molecule has 1 saturated heterocycles. The first-order valence-electron chi connectivity index (χ1n) is 14.5.